The highest BCUT2D eigenvalue weighted by atomic mass is 19.4. The van der Waals surface area contributed by atoms with Gasteiger partial charge >= 0.3 is 12.1 Å². The van der Waals surface area contributed by atoms with Crippen molar-refractivity contribution in [2.24, 2.45) is 5.92 Å². The molecule has 0 aliphatic heterocycles. The van der Waals surface area contributed by atoms with E-state index in [1.54, 1.807) is 0 Å². The molecule has 0 fully saturated rings. The van der Waals surface area contributed by atoms with Crippen LogP contribution in [0.25, 0.3) is 0 Å². The number of nitrogens with zero attached hydrogens (tertiary/aromatic N) is 2. The highest BCUT2D eigenvalue weighted by Gasteiger charge is 2.43. The molecule has 11 heteroatoms. The van der Waals surface area contributed by atoms with Gasteiger partial charge in [0, 0.05) is 0 Å². The van der Waals surface area contributed by atoms with Gasteiger partial charge in [-0.1, -0.05) is 13.8 Å². The van der Waals surface area contributed by atoms with E-state index >= 15 is 0 Å². The largest absolute Gasteiger partial charge is 0.478 e. The molecule has 146 valence electrons. The molecule has 1 N–H and O–H groups in total. The van der Waals surface area contributed by atoms with Gasteiger partial charge in [-0.05, 0) is 17.9 Å². The lowest BCUT2D eigenvalue weighted by molar-refractivity contribution is -0.141. The van der Waals surface area contributed by atoms with Crippen molar-refractivity contribution in [3.8, 4) is 0 Å². The molecule has 0 saturated carbocycles. The number of hydrogen-bond acceptors (Lipinski definition) is 5. The number of aromatic carboxylic acids is 1. The van der Waals surface area contributed by atoms with Crippen molar-refractivity contribution in [1.29, 1.82) is 0 Å². The molecule has 6 nitrogen and oxygen atoms in total. The van der Waals surface area contributed by atoms with Crippen LogP contribution in [0.15, 0.2) is 16.9 Å². The molecule has 0 amide bonds. The van der Waals surface area contributed by atoms with Crippen LogP contribution in [0, 0.1) is 5.92 Å². The number of carboxylic acids is 1. The van der Waals surface area contributed by atoms with Gasteiger partial charge in [0.15, 0.2) is 5.69 Å². The molecule has 2 aromatic rings. The van der Waals surface area contributed by atoms with Crippen molar-refractivity contribution < 1.29 is 41.1 Å². The summed E-state index contributed by atoms with van der Waals surface area (Å²) < 4.78 is 71.7. The van der Waals surface area contributed by atoms with Crippen molar-refractivity contribution in [3.05, 3.63) is 46.4 Å². The van der Waals surface area contributed by atoms with Crippen LogP contribution >= 0.6 is 0 Å². The van der Waals surface area contributed by atoms with Gasteiger partial charge in [-0.2, -0.15) is 13.2 Å². The van der Waals surface area contributed by atoms with E-state index in [-0.39, 0.29) is 6.42 Å². The van der Waals surface area contributed by atoms with Gasteiger partial charge in [-0.3, -0.25) is 4.79 Å². The summed E-state index contributed by atoms with van der Waals surface area (Å²) in [6, 6.07) is 0. The van der Waals surface area contributed by atoms with E-state index < -0.39 is 64.2 Å². The van der Waals surface area contributed by atoms with Gasteiger partial charge in [0.2, 0.25) is 5.78 Å². The monoisotopic (exact) mass is 392 g/mol. The fourth-order valence-electron chi connectivity index (χ4n) is 2.56. The summed E-state index contributed by atoms with van der Waals surface area (Å²) in [4.78, 5) is 30.4. The van der Waals surface area contributed by atoms with Crippen molar-refractivity contribution in [2.75, 3.05) is 0 Å². The van der Waals surface area contributed by atoms with Gasteiger partial charge in [-0.15, -0.1) is 0 Å². The quantitative estimate of drug-likeness (QED) is 0.586. The van der Waals surface area contributed by atoms with E-state index in [4.69, 9.17) is 4.42 Å². The lowest BCUT2D eigenvalue weighted by Crippen LogP contribution is -2.25. The van der Waals surface area contributed by atoms with Gasteiger partial charge in [-0.25, -0.2) is 23.5 Å². The average molecular weight is 392 g/mol. The Morgan fingerprint density at radius 1 is 1.22 bits per heavy atom. The Morgan fingerprint density at radius 3 is 2.26 bits per heavy atom. The summed E-state index contributed by atoms with van der Waals surface area (Å²) >= 11 is 0. The summed E-state index contributed by atoms with van der Waals surface area (Å²) in [5.74, 6) is -4.50. The average Bonchev–Trinajstić information content (AvgIpc) is 3.05. The highest BCUT2D eigenvalue weighted by Crippen LogP contribution is 2.38. The zero-order chi connectivity index (χ0) is 20.5. The fraction of sp³-hybridized carbons (Fsp3) is 0.375. The zero-order valence-corrected chi connectivity index (χ0v) is 14.0. The third-order valence-corrected chi connectivity index (χ3v) is 3.48. The van der Waals surface area contributed by atoms with Gasteiger partial charge in [0.25, 0.3) is 12.3 Å². The highest BCUT2D eigenvalue weighted by molar-refractivity contribution is 6.09. The third-order valence-electron chi connectivity index (χ3n) is 3.48. The number of carbonyl (C=O) groups is 2. The normalized spacial score (nSPS) is 12.0. The maximum Gasteiger partial charge on any atom is 0.434 e. The molecular weight excluding hydrogens is 379 g/mol. The Balaban J connectivity index is 2.98. The van der Waals surface area contributed by atoms with Crippen LogP contribution in [0.2, 0.25) is 0 Å². The van der Waals surface area contributed by atoms with Gasteiger partial charge in [0.05, 0.1) is 17.3 Å². The first kappa shape index (κ1) is 20.5. The topological polar surface area (TPSA) is 93.3 Å². The van der Waals surface area contributed by atoms with Crippen molar-refractivity contribution in [3.63, 3.8) is 0 Å². The maximum atomic E-state index is 13.5. The Bertz CT molecular complexity index is 861. The van der Waals surface area contributed by atoms with Crippen LogP contribution in [0.1, 0.15) is 63.8 Å². The predicted molar refractivity (Wildman–Crippen MR) is 79.6 cm³/mol. The number of rotatable bonds is 6. The predicted octanol–water partition coefficient (Wildman–Crippen LogP) is 4.15. The summed E-state index contributed by atoms with van der Waals surface area (Å²) in [5, 5.41) is 9.33. The Hall–Kier alpha value is -2.85. The second-order valence-corrected chi connectivity index (χ2v) is 5.94. The van der Waals surface area contributed by atoms with Crippen LogP contribution in [-0.4, -0.2) is 26.8 Å². The molecule has 0 aliphatic rings. The SMILES string of the molecule is CC(C)Cc1c(C(=O)O)c(C(F)F)nc(C(F)(F)F)c1C(=O)c1ncco1. The third kappa shape index (κ3) is 4.12. The molecule has 0 bridgehead atoms. The van der Waals surface area contributed by atoms with Crippen LogP contribution in [-0.2, 0) is 12.6 Å². The molecule has 0 unspecified atom stereocenters. The molecule has 2 rings (SSSR count). The van der Waals surface area contributed by atoms with Gasteiger partial charge in [0.1, 0.15) is 12.0 Å². The standard InChI is InChI=1S/C16H13F5N2O4/c1-6(2)5-7-8(15(25)26)10(13(17)18)23-12(16(19,20)21)9(7)11(24)14-22-3-4-27-14/h3-4,6,13H,5H2,1-2H3,(H,25,26). The first-order valence-corrected chi connectivity index (χ1v) is 7.54. The Kier molecular flexibility index (Phi) is 5.62. The number of hydrogen-bond donors (Lipinski definition) is 1. The minimum atomic E-state index is -5.29. The minimum Gasteiger partial charge on any atom is -0.478 e. The van der Waals surface area contributed by atoms with E-state index in [0.29, 0.717) is 0 Å². The second-order valence-electron chi connectivity index (χ2n) is 5.94. The zero-order valence-electron chi connectivity index (χ0n) is 14.0. The van der Waals surface area contributed by atoms with Crippen LogP contribution < -0.4 is 0 Å². The van der Waals surface area contributed by atoms with E-state index in [0.717, 1.165) is 12.5 Å². The molecule has 2 heterocycles. The van der Waals surface area contributed by atoms with E-state index in [2.05, 4.69) is 9.97 Å². The number of ketones is 1. The maximum absolute atomic E-state index is 13.5. The lowest BCUT2D eigenvalue weighted by atomic mass is 9.89. The van der Waals surface area contributed by atoms with Crippen LogP contribution in [0.3, 0.4) is 0 Å². The molecule has 0 aromatic carbocycles. The summed E-state index contributed by atoms with van der Waals surface area (Å²) in [7, 11) is 0. The van der Waals surface area contributed by atoms with Gasteiger partial charge < -0.3 is 9.52 Å². The number of halogens is 5. The molecule has 0 spiro atoms. The molecular formula is C16H13F5N2O4. The lowest BCUT2D eigenvalue weighted by Gasteiger charge is -2.20. The number of alkyl halides is 5. The van der Waals surface area contributed by atoms with Crippen LogP contribution in [0.4, 0.5) is 22.0 Å². The number of pyridine rings is 1. The second kappa shape index (κ2) is 7.41. The first-order valence-electron chi connectivity index (χ1n) is 7.54. The van der Waals surface area contributed by atoms with Crippen molar-refractivity contribution >= 4 is 11.8 Å². The minimum absolute atomic E-state index is 0.380. The van der Waals surface area contributed by atoms with E-state index in [1.165, 1.54) is 13.8 Å². The molecule has 27 heavy (non-hydrogen) atoms. The first-order chi connectivity index (χ1) is 12.4. The van der Waals surface area contributed by atoms with Crippen molar-refractivity contribution in [2.45, 2.75) is 32.9 Å². The summed E-state index contributed by atoms with van der Waals surface area (Å²) in [5.41, 5.74) is -6.41. The number of carbonyl (C=O) groups excluding carboxylic acids is 1. The Labute approximate surface area is 149 Å². The Morgan fingerprint density at radius 2 is 1.85 bits per heavy atom. The molecule has 0 saturated heterocycles. The number of aromatic nitrogens is 2. The smallest absolute Gasteiger partial charge is 0.434 e. The van der Waals surface area contributed by atoms with E-state index in [9.17, 15) is 36.6 Å². The molecule has 0 atom stereocenters. The van der Waals surface area contributed by atoms with E-state index in [1.807, 2.05) is 0 Å². The van der Waals surface area contributed by atoms with Crippen LogP contribution in [0.5, 0.6) is 0 Å². The fourth-order valence-corrected chi connectivity index (χ4v) is 2.56. The summed E-state index contributed by atoms with van der Waals surface area (Å²) in [6.45, 7) is 3.06. The molecule has 2 aromatic heterocycles. The number of oxazole rings is 1. The summed E-state index contributed by atoms with van der Waals surface area (Å²) in [6.07, 6.45) is -7.32. The number of carboxylic acid groups (broad SMARTS) is 1. The van der Waals surface area contributed by atoms with Crippen molar-refractivity contribution in [1.82, 2.24) is 9.97 Å². The molecule has 0 aliphatic carbocycles. The molecule has 0 radical (unpaired) electrons.